The molecular weight excluding hydrogens is 412 g/mol. The van der Waals surface area contributed by atoms with Gasteiger partial charge in [0.2, 0.25) is 0 Å². The highest BCUT2D eigenvalue weighted by molar-refractivity contribution is 5.80. The van der Waals surface area contributed by atoms with E-state index in [1.165, 1.54) is 5.56 Å². The number of guanidine groups is 1. The molecule has 2 N–H and O–H groups in total. The fourth-order valence-electron chi connectivity index (χ4n) is 4.32. The zero-order valence-corrected chi connectivity index (χ0v) is 19.8. The fourth-order valence-corrected chi connectivity index (χ4v) is 4.32. The molecule has 1 aliphatic rings. The molecule has 0 aliphatic carbocycles. The van der Waals surface area contributed by atoms with Crippen molar-refractivity contribution < 1.29 is 4.74 Å². The van der Waals surface area contributed by atoms with Crippen LogP contribution < -0.4 is 20.3 Å². The largest absolute Gasteiger partial charge is 0.495 e. The van der Waals surface area contributed by atoms with Gasteiger partial charge in [-0.3, -0.25) is 4.99 Å². The van der Waals surface area contributed by atoms with Gasteiger partial charge in [0, 0.05) is 38.9 Å². The number of methoxy groups -OCH3 is 1. The molecule has 2 heterocycles. The van der Waals surface area contributed by atoms with Gasteiger partial charge in [0.15, 0.2) is 5.96 Å². The summed E-state index contributed by atoms with van der Waals surface area (Å²) in [5.41, 5.74) is 4.61. The van der Waals surface area contributed by atoms with E-state index in [9.17, 15) is 0 Å². The molecule has 7 nitrogen and oxygen atoms in total. The summed E-state index contributed by atoms with van der Waals surface area (Å²) < 4.78 is 7.49. The van der Waals surface area contributed by atoms with Crippen LogP contribution in [0.2, 0.25) is 0 Å². The highest BCUT2D eigenvalue weighted by Crippen LogP contribution is 2.30. The molecule has 0 saturated carbocycles. The minimum absolute atomic E-state index is 0.354. The third-order valence-electron chi connectivity index (χ3n) is 6.12. The van der Waals surface area contributed by atoms with Crippen LogP contribution in [0.1, 0.15) is 24.1 Å². The van der Waals surface area contributed by atoms with Gasteiger partial charge >= 0.3 is 0 Å². The first-order valence-corrected chi connectivity index (χ1v) is 11.6. The first kappa shape index (κ1) is 22.7. The minimum atomic E-state index is 0.354. The van der Waals surface area contributed by atoms with E-state index < -0.39 is 0 Å². The maximum Gasteiger partial charge on any atom is 0.191 e. The van der Waals surface area contributed by atoms with Crippen LogP contribution in [-0.2, 0) is 6.42 Å². The van der Waals surface area contributed by atoms with Crippen molar-refractivity contribution in [3.63, 3.8) is 0 Å². The van der Waals surface area contributed by atoms with Gasteiger partial charge < -0.3 is 20.3 Å². The first-order chi connectivity index (χ1) is 16.2. The number of hydrogen-bond acceptors (Lipinski definition) is 4. The molecule has 174 valence electrons. The SMILES string of the molecule is CN=C(NCCCc1cn(-c2ccccc2)nc1C)NC1CCN(c2ccccc2OC)C1. The van der Waals surface area contributed by atoms with Crippen molar-refractivity contribution >= 4 is 11.6 Å². The Morgan fingerprint density at radius 3 is 2.73 bits per heavy atom. The summed E-state index contributed by atoms with van der Waals surface area (Å²) in [7, 11) is 3.56. The molecule has 33 heavy (non-hydrogen) atoms. The standard InChI is InChI=1S/C26H34N6O/c1-20-21(18-32(30-20)23-11-5-4-6-12-23)10-9-16-28-26(27-2)29-22-15-17-31(19-22)24-13-7-8-14-25(24)33-3/h4-8,11-14,18,22H,9-10,15-17,19H2,1-3H3,(H2,27,28,29). The van der Waals surface area contributed by atoms with Crippen LogP contribution in [0.5, 0.6) is 5.75 Å². The summed E-state index contributed by atoms with van der Waals surface area (Å²) >= 11 is 0. The molecule has 0 bridgehead atoms. The molecule has 0 spiro atoms. The van der Waals surface area contributed by atoms with Crippen LogP contribution >= 0.6 is 0 Å². The maximum atomic E-state index is 5.53. The monoisotopic (exact) mass is 446 g/mol. The summed E-state index contributed by atoms with van der Waals surface area (Å²) in [6.45, 7) is 4.87. The predicted octanol–water partition coefficient (Wildman–Crippen LogP) is 3.57. The molecule has 2 aromatic carbocycles. The predicted molar refractivity (Wildman–Crippen MR) is 135 cm³/mol. The van der Waals surface area contributed by atoms with E-state index in [1.807, 2.05) is 42.1 Å². The lowest BCUT2D eigenvalue weighted by Gasteiger charge is -2.22. The molecule has 1 aliphatic heterocycles. The van der Waals surface area contributed by atoms with Crippen LogP contribution in [0.15, 0.2) is 65.8 Å². The fraction of sp³-hybridized carbons (Fsp3) is 0.385. The Hall–Kier alpha value is -3.48. The van der Waals surface area contributed by atoms with Crippen molar-refractivity contribution in [3.05, 3.63) is 72.1 Å². The van der Waals surface area contributed by atoms with Crippen LogP contribution in [0.25, 0.3) is 5.69 Å². The van der Waals surface area contributed by atoms with Crippen LogP contribution in [-0.4, -0.2) is 55.6 Å². The van der Waals surface area contributed by atoms with E-state index in [-0.39, 0.29) is 0 Å². The van der Waals surface area contributed by atoms with Crippen molar-refractivity contribution in [3.8, 4) is 11.4 Å². The number of nitrogens with zero attached hydrogens (tertiary/aromatic N) is 4. The number of anilines is 1. The number of aliphatic imine (C=N–C) groups is 1. The Labute approximate surface area is 196 Å². The topological polar surface area (TPSA) is 66.7 Å². The van der Waals surface area contributed by atoms with Gasteiger partial charge in [0.05, 0.1) is 24.2 Å². The molecule has 1 saturated heterocycles. The first-order valence-electron chi connectivity index (χ1n) is 11.6. The van der Waals surface area contributed by atoms with Gasteiger partial charge in [-0.05, 0) is 56.0 Å². The second-order valence-corrected chi connectivity index (χ2v) is 8.37. The van der Waals surface area contributed by atoms with Gasteiger partial charge in [0.1, 0.15) is 5.75 Å². The number of rotatable bonds is 8. The molecule has 1 aromatic heterocycles. The van der Waals surface area contributed by atoms with Gasteiger partial charge in [0.25, 0.3) is 0 Å². The molecule has 3 aromatic rings. The summed E-state index contributed by atoms with van der Waals surface area (Å²) in [6.07, 6.45) is 5.20. The second kappa shape index (κ2) is 10.9. The zero-order chi connectivity index (χ0) is 23.0. The number of para-hydroxylation sites is 3. The number of aromatic nitrogens is 2. The summed E-state index contributed by atoms with van der Waals surface area (Å²) in [5, 5.41) is 11.7. The molecule has 1 unspecified atom stereocenters. The van der Waals surface area contributed by atoms with Crippen LogP contribution in [0.3, 0.4) is 0 Å². The highest BCUT2D eigenvalue weighted by atomic mass is 16.5. The Morgan fingerprint density at radius 2 is 1.94 bits per heavy atom. The number of benzene rings is 2. The van der Waals surface area contributed by atoms with Crippen LogP contribution in [0, 0.1) is 6.92 Å². The van der Waals surface area contributed by atoms with Crippen molar-refractivity contribution in [2.45, 2.75) is 32.2 Å². The van der Waals surface area contributed by atoms with Crippen molar-refractivity contribution in [2.75, 3.05) is 38.7 Å². The summed E-state index contributed by atoms with van der Waals surface area (Å²) in [5.74, 6) is 1.78. The van der Waals surface area contributed by atoms with E-state index >= 15 is 0 Å². The van der Waals surface area contributed by atoms with Gasteiger partial charge in [-0.2, -0.15) is 5.10 Å². The number of hydrogen-bond donors (Lipinski definition) is 2. The normalized spacial score (nSPS) is 16.2. The van der Waals surface area contributed by atoms with Gasteiger partial charge in [-0.25, -0.2) is 4.68 Å². The maximum absolute atomic E-state index is 5.53. The van der Waals surface area contributed by atoms with Crippen molar-refractivity contribution in [1.29, 1.82) is 0 Å². The third-order valence-corrected chi connectivity index (χ3v) is 6.12. The number of nitrogens with one attached hydrogen (secondary N) is 2. The molecule has 0 amide bonds. The van der Waals surface area contributed by atoms with Crippen LogP contribution in [0.4, 0.5) is 5.69 Å². The second-order valence-electron chi connectivity index (χ2n) is 8.37. The molecule has 1 fully saturated rings. The Bertz CT molecular complexity index is 1060. The smallest absolute Gasteiger partial charge is 0.191 e. The Balaban J connectivity index is 1.23. The molecule has 4 rings (SSSR count). The minimum Gasteiger partial charge on any atom is -0.495 e. The number of ether oxygens (including phenoxy) is 1. The lowest BCUT2D eigenvalue weighted by atomic mass is 10.1. The lowest BCUT2D eigenvalue weighted by molar-refractivity contribution is 0.415. The highest BCUT2D eigenvalue weighted by Gasteiger charge is 2.25. The molecular formula is C26H34N6O. The Morgan fingerprint density at radius 1 is 1.15 bits per heavy atom. The van der Waals surface area contributed by atoms with E-state index in [0.29, 0.717) is 6.04 Å². The number of aryl methyl sites for hydroxylation is 2. The average Bonchev–Trinajstić information content (AvgIpc) is 3.48. The van der Waals surface area contributed by atoms with Crippen molar-refractivity contribution in [1.82, 2.24) is 20.4 Å². The van der Waals surface area contributed by atoms with Gasteiger partial charge in [-0.15, -0.1) is 0 Å². The third kappa shape index (κ3) is 5.66. The Kier molecular flexibility index (Phi) is 7.50. The van der Waals surface area contributed by atoms with E-state index in [1.54, 1.807) is 7.11 Å². The zero-order valence-electron chi connectivity index (χ0n) is 19.8. The van der Waals surface area contributed by atoms with Crippen molar-refractivity contribution in [2.24, 2.45) is 4.99 Å². The molecule has 0 radical (unpaired) electrons. The average molecular weight is 447 g/mol. The molecule has 7 heteroatoms. The van der Waals surface area contributed by atoms with E-state index in [0.717, 1.165) is 67.7 Å². The lowest BCUT2D eigenvalue weighted by Crippen LogP contribution is -2.44. The summed E-state index contributed by atoms with van der Waals surface area (Å²) in [6, 6.07) is 18.8. The van der Waals surface area contributed by atoms with E-state index in [2.05, 4.69) is 63.0 Å². The summed E-state index contributed by atoms with van der Waals surface area (Å²) in [4.78, 5) is 6.80. The van der Waals surface area contributed by atoms with E-state index in [4.69, 9.17) is 4.74 Å². The quantitative estimate of drug-likeness (QED) is 0.315. The van der Waals surface area contributed by atoms with Gasteiger partial charge in [-0.1, -0.05) is 30.3 Å². The molecule has 1 atom stereocenters.